The summed E-state index contributed by atoms with van der Waals surface area (Å²) < 4.78 is 1.99. The first-order chi connectivity index (χ1) is 10.2. The third kappa shape index (κ3) is 1.79. The van der Waals surface area contributed by atoms with Gasteiger partial charge in [-0.3, -0.25) is 9.59 Å². The van der Waals surface area contributed by atoms with Gasteiger partial charge < -0.3 is 14.5 Å². The van der Waals surface area contributed by atoms with Crippen LogP contribution in [0.5, 0.6) is 0 Å². The minimum atomic E-state index is -0.638. The van der Waals surface area contributed by atoms with Gasteiger partial charge in [-0.2, -0.15) is 0 Å². The molecule has 0 radical (unpaired) electrons. The minimum Gasteiger partial charge on any atom is -0.324 e. The summed E-state index contributed by atoms with van der Waals surface area (Å²) in [5.41, 5.74) is 0.986. The molecule has 5 heteroatoms. The van der Waals surface area contributed by atoms with Gasteiger partial charge in [-0.25, -0.2) is 0 Å². The third-order valence-corrected chi connectivity index (χ3v) is 3.60. The van der Waals surface area contributed by atoms with Crippen molar-refractivity contribution in [2.45, 2.75) is 0 Å². The van der Waals surface area contributed by atoms with Gasteiger partial charge in [0, 0.05) is 23.5 Å². The molecule has 0 fully saturated rings. The summed E-state index contributed by atoms with van der Waals surface area (Å²) in [4.78, 5) is 28.3. The molecule has 4 rings (SSSR count). The van der Waals surface area contributed by atoms with Crippen LogP contribution >= 0.6 is 0 Å². The Morgan fingerprint density at radius 2 is 1.57 bits per heavy atom. The number of benzene rings is 2. The minimum absolute atomic E-state index is 0.622. The highest BCUT2D eigenvalue weighted by molar-refractivity contribution is 6.04. The van der Waals surface area contributed by atoms with Crippen molar-refractivity contribution in [1.82, 2.24) is 14.5 Å². The Morgan fingerprint density at radius 3 is 2.38 bits per heavy atom. The second kappa shape index (κ2) is 4.21. The van der Waals surface area contributed by atoms with Gasteiger partial charge in [0.05, 0.1) is 11.0 Å². The molecular weight excluding hydrogens is 266 g/mol. The van der Waals surface area contributed by atoms with Crippen molar-refractivity contribution in [3.05, 3.63) is 75.6 Å². The molecule has 2 aromatic heterocycles. The molecule has 2 aromatic carbocycles. The topological polar surface area (TPSA) is 70.7 Å². The maximum Gasteiger partial charge on any atom is 0.314 e. The lowest BCUT2D eigenvalue weighted by atomic mass is 10.1. The molecule has 2 N–H and O–H groups in total. The lowest BCUT2D eigenvalue weighted by Crippen LogP contribution is -2.28. The van der Waals surface area contributed by atoms with Crippen molar-refractivity contribution in [1.29, 1.82) is 0 Å². The Labute approximate surface area is 118 Å². The highest BCUT2D eigenvalue weighted by atomic mass is 16.2. The molecule has 0 spiro atoms. The fourth-order valence-corrected chi connectivity index (χ4v) is 2.56. The van der Waals surface area contributed by atoms with Crippen molar-refractivity contribution in [3.8, 4) is 5.69 Å². The van der Waals surface area contributed by atoms with E-state index in [-0.39, 0.29) is 0 Å². The molecule has 4 aromatic rings. The maximum atomic E-state index is 11.6. The van der Waals surface area contributed by atoms with Crippen LogP contribution in [0.4, 0.5) is 0 Å². The van der Waals surface area contributed by atoms with Crippen LogP contribution in [0.1, 0.15) is 0 Å². The van der Waals surface area contributed by atoms with Crippen LogP contribution in [0, 0.1) is 0 Å². The normalized spacial score (nSPS) is 11.2. The summed E-state index contributed by atoms with van der Waals surface area (Å²) in [7, 11) is 0. The van der Waals surface area contributed by atoms with Crippen molar-refractivity contribution in [2.75, 3.05) is 0 Å². The van der Waals surface area contributed by atoms with Crippen LogP contribution in [0.3, 0.4) is 0 Å². The third-order valence-electron chi connectivity index (χ3n) is 3.60. The Kier molecular flexibility index (Phi) is 2.35. The van der Waals surface area contributed by atoms with Gasteiger partial charge >= 0.3 is 11.1 Å². The summed E-state index contributed by atoms with van der Waals surface area (Å²) in [6.07, 6.45) is 3.91. The Morgan fingerprint density at radius 1 is 0.857 bits per heavy atom. The Bertz CT molecular complexity index is 1070. The number of nitrogens with one attached hydrogen (secondary N) is 2. The van der Waals surface area contributed by atoms with Crippen LogP contribution in [0.2, 0.25) is 0 Å². The molecule has 2 heterocycles. The molecule has 0 aliphatic rings. The molecular formula is C16H11N3O2. The standard InChI is InChI=1S/C16H11N3O2/c20-15-16(21)18-14-12-9-11(19-7-1-2-8-19)5-3-10(12)4-6-13(14)17-15/h1-9H,(H,17,20)(H,18,21). The Balaban J connectivity index is 2.13. The molecule has 0 bridgehead atoms. The smallest absolute Gasteiger partial charge is 0.314 e. The van der Waals surface area contributed by atoms with Crippen LogP contribution in [-0.4, -0.2) is 14.5 Å². The van der Waals surface area contributed by atoms with E-state index in [2.05, 4.69) is 9.97 Å². The van der Waals surface area contributed by atoms with Crippen molar-refractivity contribution >= 4 is 21.8 Å². The average molecular weight is 277 g/mol. The Hall–Kier alpha value is -3.08. The molecule has 21 heavy (non-hydrogen) atoms. The van der Waals surface area contributed by atoms with Gasteiger partial charge in [0.15, 0.2) is 0 Å². The van der Waals surface area contributed by atoms with Gasteiger partial charge in [-0.05, 0) is 35.7 Å². The lowest BCUT2D eigenvalue weighted by molar-refractivity contribution is 1.08. The van der Waals surface area contributed by atoms with Crippen LogP contribution in [0.25, 0.3) is 27.5 Å². The molecule has 0 atom stereocenters. The molecule has 0 saturated carbocycles. The van der Waals surface area contributed by atoms with Gasteiger partial charge in [-0.1, -0.05) is 12.1 Å². The number of hydrogen-bond acceptors (Lipinski definition) is 2. The van der Waals surface area contributed by atoms with Crippen LogP contribution in [-0.2, 0) is 0 Å². The maximum absolute atomic E-state index is 11.6. The highest BCUT2D eigenvalue weighted by Crippen LogP contribution is 2.24. The zero-order chi connectivity index (χ0) is 14.4. The molecule has 102 valence electrons. The fraction of sp³-hybridized carbons (Fsp3) is 0. The van der Waals surface area contributed by atoms with E-state index in [1.807, 2.05) is 53.4 Å². The monoisotopic (exact) mass is 277 g/mol. The first-order valence-electron chi connectivity index (χ1n) is 6.55. The largest absolute Gasteiger partial charge is 0.324 e. The predicted molar refractivity (Wildman–Crippen MR) is 82.0 cm³/mol. The van der Waals surface area contributed by atoms with E-state index in [0.717, 1.165) is 16.5 Å². The molecule has 0 aliphatic heterocycles. The highest BCUT2D eigenvalue weighted by Gasteiger charge is 2.05. The summed E-state index contributed by atoms with van der Waals surface area (Å²) >= 11 is 0. The quantitative estimate of drug-likeness (QED) is 0.413. The molecule has 0 aliphatic carbocycles. The SMILES string of the molecule is O=c1[nH]c2ccc3ccc(-n4cccc4)cc3c2[nH]c1=O. The molecule has 0 saturated heterocycles. The van der Waals surface area contributed by atoms with Gasteiger partial charge in [0.1, 0.15) is 0 Å². The summed E-state index contributed by atoms with van der Waals surface area (Å²) in [6, 6.07) is 13.6. The zero-order valence-corrected chi connectivity index (χ0v) is 11.0. The first kappa shape index (κ1) is 11.7. The van der Waals surface area contributed by atoms with E-state index >= 15 is 0 Å². The molecule has 0 amide bonds. The first-order valence-corrected chi connectivity index (χ1v) is 6.55. The zero-order valence-electron chi connectivity index (χ0n) is 11.0. The van der Waals surface area contributed by atoms with E-state index in [0.29, 0.717) is 11.0 Å². The number of H-pyrrole nitrogens is 2. The van der Waals surface area contributed by atoms with E-state index in [4.69, 9.17) is 0 Å². The summed E-state index contributed by atoms with van der Waals surface area (Å²) in [5, 5.41) is 1.90. The number of fused-ring (bicyclic) bond motifs is 3. The predicted octanol–water partition coefficient (Wildman–Crippen LogP) is 2.16. The van der Waals surface area contributed by atoms with E-state index in [1.165, 1.54) is 0 Å². The van der Waals surface area contributed by atoms with Crippen molar-refractivity contribution in [3.63, 3.8) is 0 Å². The number of rotatable bonds is 1. The summed E-state index contributed by atoms with van der Waals surface area (Å²) in [6.45, 7) is 0. The van der Waals surface area contributed by atoms with Crippen molar-refractivity contribution in [2.24, 2.45) is 0 Å². The number of aromatic nitrogens is 3. The van der Waals surface area contributed by atoms with E-state index in [9.17, 15) is 9.59 Å². The van der Waals surface area contributed by atoms with Gasteiger partial charge in [-0.15, -0.1) is 0 Å². The number of nitrogens with zero attached hydrogens (tertiary/aromatic N) is 1. The number of hydrogen-bond donors (Lipinski definition) is 2. The van der Waals surface area contributed by atoms with Crippen molar-refractivity contribution < 1.29 is 0 Å². The van der Waals surface area contributed by atoms with E-state index < -0.39 is 11.1 Å². The fourth-order valence-electron chi connectivity index (χ4n) is 2.56. The van der Waals surface area contributed by atoms with E-state index in [1.54, 1.807) is 6.07 Å². The average Bonchev–Trinajstić information content (AvgIpc) is 3.02. The number of aromatic amines is 2. The van der Waals surface area contributed by atoms with Gasteiger partial charge in [0.2, 0.25) is 0 Å². The summed E-state index contributed by atoms with van der Waals surface area (Å²) in [5.74, 6) is 0. The molecule has 0 unspecified atom stereocenters. The molecule has 5 nitrogen and oxygen atoms in total. The van der Waals surface area contributed by atoms with Crippen LogP contribution < -0.4 is 11.1 Å². The lowest BCUT2D eigenvalue weighted by Gasteiger charge is -2.07. The second-order valence-corrected chi connectivity index (χ2v) is 4.89. The second-order valence-electron chi connectivity index (χ2n) is 4.89. The van der Waals surface area contributed by atoms with Crippen LogP contribution in [0.15, 0.2) is 64.4 Å². The van der Waals surface area contributed by atoms with Gasteiger partial charge in [0.25, 0.3) is 0 Å².